The Balaban J connectivity index is 2.03. The summed E-state index contributed by atoms with van der Waals surface area (Å²) in [6.07, 6.45) is 1.22. The largest absolute Gasteiger partial charge is 0.454 e. The van der Waals surface area contributed by atoms with E-state index in [1.54, 1.807) is 6.92 Å². The maximum atomic E-state index is 11.9. The van der Waals surface area contributed by atoms with Gasteiger partial charge in [-0.2, -0.15) is 0 Å². The van der Waals surface area contributed by atoms with Gasteiger partial charge in [0.25, 0.3) is 5.91 Å². The molecule has 6 nitrogen and oxygen atoms in total. The molecule has 0 spiro atoms. The van der Waals surface area contributed by atoms with Crippen LogP contribution in [0.4, 0.5) is 0 Å². The number of rotatable bonds is 4. The quantitative estimate of drug-likeness (QED) is 0.890. The number of halogens is 1. The Bertz CT molecular complexity index is 574. The first-order valence-corrected chi connectivity index (χ1v) is 8.24. The number of amides is 1. The Hall–Kier alpha value is -0.860. The van der Waals surface area contributed by atoms with Crippen molar-refractivity contribution in [2.75, 3.05) is 12.4 Å². The maximum Gasteiger partial charge on any atom is 0.268 e. The van der Waals surface area contributed by atoms with Gasteiger partial charge < -0.3 is 9.15 Å². The summed E-state index contributed by atoms with van der Waals surface area (Å²) in [5, 5.41) is 0. The molecule has 106 valence electrons. The van der Waals surface area contributed by atoms with Crippen LogP contribution in [0.15, 0.2) is 15.2 Å². The molecule has 2 rings (SSSR count). The zero-order valence-corrected chi connectivity index (χ0v) is 12.7. The zero-order chi connectivity index (χ0) is 14.0. The number of furan rings is 1. The highest BCUT2D eigenvalue weighted by Crippen LogP contribution is 2.20. The van der Waals surface area contributed by atoms with Crippen molar-refractivity contribution in [1.29, 1.82) is 0 Å². The smallest absolute Gasteiger partial charge is 0.268 e. The third-order valence-electron chi connectivity index (χ3n) is 2.81. The summed E-state index contributed by atoms with van der Waals surface area (Å²) in [4.78, 5) is 11.9. The molecular formula is C11H14BrNO5S. The molecule has 1 aromatic heterocycles. The van der Waals surface area contributed by atoms with E-state index in [9.17, 15) is 13.2 Å². The first-order valence-electron chi connectivity index (χ1n) is 5.80. The lowest BCUT2D eigenvalue weighted by atomic mass is 10.2. The van der Waals surface area contributed by atoms with E-state index in [-0.39, 0.29) is 17.4 Å². The van der Waals surface area contributed by atoms with Crippen molar-refractivity contribution in [3.05, 3.63) is 22.1 Å². The average Bonchev–Trinajstić information content (AvgIpc) is 2.86. The second-order valence-electron chi connectivity index (χ2n) is 4.37. The van der Waals surface area contributed by atoms with Crippen molar-refractivity contribution in [3.63, 3.8) is 0 Å². The van der Waals surface area contributed by atoms with Crippen LogP contribution >= 0.6 is 15.9 Å². The van der Waals surface area contributed by atoms with E-state index in [0.29, 0.717) is 23.5 Å². The second kappa shape index (κ2) is 5.64. The minimum absolute atomic E-state index is 0.197. The topological polar surface area (TPSA) is 85.6 Å². The molecule has 1 amide bonds. The van der Waals surface area contributed by atoms with Crippen molar-refractivity contribution in [2.45, 2.75) is 25.9 Å². The summed E-state index contributed by atoms with van der Waals surface area (Å²) in [6.45, 7) is 2.16. The molecule has 0 saturated carbocycles. The number of sulfonamides is 1. The summed E-state index contributed by atoms with van der Waals surface area (Å²) in [6, 6.07) is 1.44. The fourth-order valence-corrected chi connectivity index (χ4v) is 3.63. The fraction of sp³-hybridized carbons (Fsp3) is 0.545. The van der Waals surface area contributed by atoms with E-state index >= 15 is 0 Å². The van der Waals surface area contributed by atoms with E-state index in [2.05, 4.69) is 15.9 Å². The minimum Gasteiger partial charge on any atom is -0.454 e. The molecule has 1 fully saturated rings. The lowest BCUT2D eigenvalue weighted by Gasteiger charge is -2.10. The summed E-state index contributed by atoms with van der Waals surface area (Å²) >= 11 is 3.09. The van der Waals surface area contributed by atoms with Crippen molar-refractivity contribution < 1.29 is 22.4 Å². The highest BCUT2D eigenvalue weighted by molar-refractivity contribution is 9.10. The van der Waals surface area contributed by atoms with E-state index in [0.717, 1.165) is 6.42 Å². The van der Waals surface area contributed by atoms with Gasteiger partial charge in [-0.05, 0) is 35.7 Å². The van der Waals surface area contributed by atoms with Crippen LogP contribution in [0, 0.1) is 6.92 Å². The predicted molar refractivity (Wildman–Crippen MR) is 71.4 cm³/mol. The van der Waals surface area contributed by atoms with Gasteiger partial charge >= 0.3 is 0 Å². The van der Waals surface area contributed by atoms with Crippen molar-refractivity contribution in [1.82, 2.24) is 4.72 Å². The summed E-state index contributed by atoms with van der Waals surface area (Å²) in [5.74, 6) is -0.529. The van der Waals surface area contributed by atoms with Gasteiger partial charge in [0.2, 0.25) is 10.0 Å². The predicted octanol–water partition coefficient (Wildman–Crippen LogP) is 1.59. The molecule has 19 heavy (non-hydrogen) atoms. The molecule has 1 aliphatic rings. The van der Waals surface area contributed by atoms with Gasteiger partial charge in [0.05, 0.1) is 17.4 Å². The Morgan fingerprint density at radius 1 is 1.58 bits per heavy atom. The van der Waals surface area contributed by atoms with Crippen LogP contribution in [-0.2, 0) is 14.8 Å². The summed E-state index contributed by atoms with van der Waals surface area (Å²) in [5.41, 5.74) is 0.197. The third kappa shape index (κ3) is 3.80. The monoisotopic (exact) mass is 351 g/mol. The zero-order valence-electron chi connectivity index (χ0n) is 10.3. The maximum absolute atomic E-state index is 11.9. The van der Waals surface area contributed by atoms with E-state index in [4.69, 9.17) is 9.15 Å². The second-order valence-corrected chi connectivity index (χ2v) is 6.92. The molecule has 2 heterocycles. The van der Waals surface area contributed by atoms with Gasteiger partial charge in [0, 0.05) is 12.7 Å². The third-order valence-corrected chi connectivity index (χ3v) is 4.51. The molecule has 1 unspecified atom stereocenters. The van der Waals surface area contributed by atoms with Crippen molar-refractivity contribution in [2.24, 2.45) is 0 Å². The first-order chi connectivity index (χ1) is 8.87. The van der Waals surface area contributed by atoms with Gasteiger partial charge in [0.1, 0.15) is 5.76 Å². The van der Waals surface area contributed by atoms with Crippen LogP contribution in [0.3, 0.4) is 0 Å². The van der Waals surface area contributed by atoms with Gasteiger partial charge in [-0.15, -0.1) is 0 Å². The summed E-state index contributed by atoms with van der Waals surface area (Å²) in [7, 11) is -3.70. The van der Waals surface area contributed by atoms with Gasteiger partial charge in [0.15, 0.2) is 4.67 Å². The molecule has 1 N–H and O–H groups in total. The number of carbonyl (C=O) groups excluding carboxylic acids is 1. The first kappa shape index (κ1) is 14.5. The molecule has 1 atom stereocenters. The average molecular weight is 352 g/mol. The highest BCUT2D eigenvalue weighted by atomic mass is 79.9. The molecule has 1 saturated heterocycles. The van der Waals surface area contributed by atoms with Crippen LogP contribution in [0.5, 0.6) is 0 Å². The Morgan fingerprint density at radius 3 is 2.84 bits per heavy atom. The lowest BCUT2D eigenvalue weighted by molar-refractivity contribution is 0.0978. The van der Waals surface area contributed by atoms with Gasteiger partial charge in [-0.25, -0.2) is 13.1 Å². The molecule has 1 aromatic rings. The van der Waals surface area contributed by atoms with Crippen LogP contribution in [0.2, 0.25) is 0 Å². The van der Waals surface area contributed by atoms with Gasteiger partial charge in [-0.3, -0.25) is 4.79 Å². The number of aryl methyl sites for hydroxylation is 1. The number of hydrogen-bond donors (Lipinski definition) is 1. The van der Waals surface area contributed by atoms with E-state index in [1.807, 2.05) is 4.72 Å². The normalized spacial score (nSPS) is 19.6. The minimum atomic E-state index is -3.70. The fourth-order valence-electron chi connectivity index (χ4n) is 1.93. The highest BCUT2D eigenvalue weighted by Gasteiger charge is 2.26. The Kier molecular flexibility index (Phi) is 4.32. The lowest BCUT2D eigenvalue weighted by Crippen LogP contribution is -2.36. The van der Waals surface area contributed by atoms with Crippen LogP contribution in [-0.4, -0.2) is 32.8 Å². The SMILES string of the molecule is Cc1oc(Br)cc1C(=O)NS(=O)(=O)CC1CCCO1. The molecule has 0 bridgehead atoms. The number of carbonyl (C=O) groups is 1. The number of hydrogen-bond acceptors (Lipinski definition) is 5. The van der Waals surface area contributed by atoms with Crippen molar-refractivity contribution in [3.8, 4) is 0 Å². The van der Waals surface area contributed by atoms with Crippen molar-refractivity contribution >= 4 is 31.9 Å². The van der Waals surface area contributed by atoms with Crippen LogP contribution in [0.25, 0.3) is 0 Å². The van der Waals surface area contributed by atoms with E-state index in [1.165, 1.54) is 6.07 Å². The molecular weight excluding hydrogens is 338 g/mol. The Morgan fingerprint density at radius 2 is 2.32 bits per heavy atom. The molecule has 8 heteroatoms. The number of ether oxygens (including phenoxy) is 1. The molecule has 0 radical (unpaired) electrons. The molecule has 1 aliphatic heterocycles. The van der Waals surface area contributed by atoms with Gasteiger partial charge in [-0.1, -0.05) is 0 Å². The number of nitrogens with one attached hydrogen (secondary N) is 1. The molecule has 0 aliphatic carbocycles. The van der Waals surface area contributed by atoms with Crippen LogP contribution in [0.1, 0.15) is 29.0 Å². The van der Waals surface area contributed by atoms with E-state index < -0.39 is 15.9 Å². The Labute approximate surface area is 119 Å². The summed E-state index contributed by atoms with van der Waals surface area (Å²) < 4.78 is 36.4. The van der Waals surface area contributed by atoms with Crippen LogP contribution < -0.4 is 4.72 Å². The molecule has 0 aromatic carbocycles. The standard InChI is InChI=1S/C11H14BrNO5S/c1-7-9(5-10(12)18-7)11(14)13-19(15,16)6-8-3-2-4-17-8/h5,8H,2-4,6H2,1H3,(H,13,14).